The largest absolute Gasteiger partial charge is 0.380 e. The Labute approximate surface area is 122 Å². The Bertz CT molecular complexity index is 701. The van der Waals surface area contributed by atoms with E-state index >= 15 is 0 Å². The molecule has 0 bridgehead atoms. The molecule has 0 unspecified atom stereocenters. The van der Waals surface area contributed by atoms with Crippen LogP contribution < -0.4 is 5.73 Å². The highest BCUT2D eigenvalue weighted by atomic mass is 79.9. The summed E-state index contributed by atoms with van der Waals surface area (Å²) in [6.45, 7) is 2.04. The van der Waals surface area contributed by atoms with Crippen LogP contribution in [-0.4, -0.2) is 10.1 Å². The average molecular weight is 336 g/mol. The smallest absolute Gasteiger partial charge is 0.186 e. The van der Waals surface area contributed by atoms with Gasteiger partial charge in [0.05, 0.1) is 14.2 Å². The predicted octanol–water partition coefficient (Wildman–Crippen LogP) is 4.12. The van der Waals surface area contributed by atoms with Crippen LogP contribution in [0.4, 0.5) is 5.82 Å². The van der Waals surface area contributed by atoms with Gasteiger partial charge in [0.25, 0.3) is 0 Å². The standard InChI is InChI=1S/C13H10BrN3OS/c1-7-6-9(19-12(7)14)11-10(13(15)17-18-11)8-2-4-16-5-3-8/h2-6H,1H3,(H2,15,17). The third-order valence-electron chi connectivity index (χ3n) is 2.77. The lowest BCUT2D eigenvalue weighted by Crippen LogP contribution is -1.88. The van der Waals surface area contributed by atoms with E-state index in [-0.39, 0.29) is 0 Å². The summed E-state index contributed by atoms with van der Waals surface area (Å²) in [5.74, 6) is 1.09. The molecule has 96 valence electrons. The second-order valence-corrected chi connectivity index (χ2v) is 6.45. The number of nitrogens with two attached hydrogens (primary N) is 1. The van der Waals surface area contributed by atoms with Crippen LogP contribution in [0.5, 0.6) is 0 Å². The molecule has 0 amide bonds. The average Bonchev–Trinajstić information content (AvgIpc) is 2.95. The van der Waals surface area contributed by atoms with Crippen LogP contribution >= 0.6 is 27.3 Å². The molecule has 2 N–H and O–H groups in total. The van der Waals surface area contributed by atoms with Crippen molar-refractivity contribution in [3.63, 3.8) is 0 Å². The zero-order valence-electron chi connectivity index (χ0n) is 10.1. The lowest BCUT2D eigenvalue weighted by atomic mass is 10.1. The number of anilines is 1. The summed E-state index contributed by atoms with van der Waals surface area (Å²) < 4.78 is 6.48. The second-order valence-electron chi connectivity index (χ2n) is 4.08. The minimum atomic E-state index is 0.392. The predicted molar refractivity (Wildman–Crippen MR) is 79.9 cm³/mol. The van der Waals surface area contributed by atoms with E-state index in [9.17, 15) is 0 Å². The Kier molecular flexibility index (Phi) is 3.12. The van der Waals surface area contributed by atoms with Crippen LogP contribution in [0, 0.1) is 6.92 Å². The number of rotatable bonds is 2. The van der Waals surface area contributed by atoms with Crippen LogP contribution in [0.15, 0.2) is 38.9 Å². The molecular formula is C13H10BrN3OS. The topological polar surface area (TPSA) is 64.9 Å². The fourth-order valence-electron chi connectivity index (χ4n) is 1.84. The summed E-state index contributed by atoms with van der Waals surface area (Å²) in [6, 6.07) is 5.84. The van der Waals surface area contributed by atoms with Gasteiger partial charge in [-0.25, -0.2) is 0 Å². The first kappa shape index (κ1) is 12.4. The SMILES string of the molecule is Cc1cc(-c2onc(N)c2-c2ccncc2)sc1Br. The molecule has 0 fully saturated rings. The van der Waals surface area contributed by atoms with Crippen molar-refractivity contribution in [2.45, 2.75) is 6.92 Å². The van der Waals surface area contributed by atoms with Gasteiger partial charge in [0.15, 0.2) is 11.6 Å². The molecule has 0 aliphatic heterocycles. The number of hydrogen-bond acceptors (Lipinski definition) is 5. The van der Waals surface area contributed by atoms with Crippen molar-refractivity contribution in [2.24, 2.45) is 0 Å². The van der Waals surface area contributed by atoms with Crippen LogP contribution in [0.2, 0.25) is 0 Å². The zero-order chi connectivity index (χ0) is 13.4. The molecule has 3 aromatic heterocycles. The minimum Gasteiger partial charge on any atom is -0.380 e. The third-order valence-corrected chi connectivity index (χ3v) is 4.90. The number of nitrogen functional groups attached to an aromatic ring is 1. The first-order valence-corrected chi connectivity index (χ1v) is 7.19. The monoisotopic (exact) mass is 335 g/mol. The molecule has 0 aromatic carbocycles. The number of nitrogens with zero attached hydrogens (tertiary/aromatic N) is 2. The number of aromatic nitrogens is 2. The Morgan fingerprint density at radius 3 is 2.68 bits per heavy atom. The normalized spacial score (nSPS) is 10.8. The van der Waals surface area contributed by atoms with Gasteiger partial charge >= 0.3 is 0 Å². The van der Waals surface area contributed by atoms with Gasteiger partial charge in [0.1, 0.15) is 0 Å². The van der Waals surface area contributed by atoms with E-state index in [2.05, 4.69) is 32.1 Å². The van der Waals surface area contributed by atoms with Crippen LogP contribution in [0.25, 0.3) is 21.8 Å². The molecule has 3 rings (SSSR count). The van der Waals surface area contributed by atoms with E-state index in [4.69, 9.17) is 10.3 Å². The molecule has 19 heavy (non-hydrogen) atoms. The van der Waals surface area contributed by atoms with Gasteiger partial charge in [0.2, 0.25) is 0 Å². The number of thiophene rings is 1. The van der Waals surface area contributed by atoms with Gasteiger partial charge < -0.3 is 10.3 Å². The first-order chi connectivity index (χ1) is 9.16. The number of halogens is 1. The number of aryl methyl sites for hydroxylation is 1. The van der Waals surface area contributed by atoms with Gasteiger partial charge in [-0.1, -0.05) is 5.16 Å². The molecule has 6 heteroatoms. The fraction of sp³-hybridized carbons (Fsp3) is 0.0769. The second kappa shape index (κ2) is 4.79. The quantitative estimate of drug-likeness (QED) is 0.765. The number of pyridine rings is 1. The highest BCUT2D eigenvalue weighted by Gasteiger charge is 2.19. The fourth-order valence-corrected chi connectivity index (χ4v) is 3.36. The third kappa shape index (κ3) is 2.17. The van der Waals surface area contributed by atoms with Crippen LogP contribution in [-0.2, 0) is 0 Å². The molecule has 0 aliphatic carbocycles. The first-order valence-electron chi connectivity index (χ1n) is 5.58. The van der Waals surface area contributed by atoms with Gasteiger partial charge in [0, 0.05) is 12.4 Å². The van der Waals surface area contributed by atoms with Crippen molar-refractivity contribution in [3.8, 4) is 21.8 Å². The van der Waals surface area contributed by atoms with Gasteiger partial charge in [-0.05, 0) is 52.2 Å². The molecule has 0 spiro atoms. The van der Waals surface area contributed by atoms with E-state index < -0.39 is 0 Å². The van der Waals surface area contributed by atoms with E-state index in [0.717, 1.165) is 25.4 Å². The molecule has 0 radical (unpaired) electrons. The lowest BCUT2D eigenvalue weighted by molar-refractivity contribution is 0.437. The summed E-state index contributed by atoms with van der Waals surface area (Å²) in [5, 5.41) is 3.88. The molecule has 3 heterocycles. The highest BCUT2D eigenvalue weighted by Crippen LogP contribution is 2.41. The maximum atomic E-state index is 5.92. The molecule has 4 nitrogen and oxygen atoms in total. The molecule has 0 saturated heterocycles. The van der Waals surface area contributed by atoms with E-state index in [1.807, 2.05) is 19.1 Å². The van der Waals surface area contributed by atoms with Crippen molar-refractivity contribution >= 4 is 33.1 Å². The van der Waals surface area contributed by atoms with Gasteiger partial charge in [-0.15, -0.1) is 11.3 Å². The van der Waals surface area contributed by atoms with Crippen molar-refractivity contribution in [1.29, 1.82) is 0 Å². The summed E-state index contributed by atoms with van der Waals surface area (Å²) in [7, 11) is 0. The minimum absolute atomic E-state index is 0.392. The Balaban J connectivity index is 2.19. The van der Waals surface area contributed by atoms with Crippen molar-refractivity contribution in [1.82, 2.24) is 10.1 Å². The van der Waals surface area contributed by atoms with Gasteiger partial charge in [-0.3, -0.25) is 4.98 Å². The van der Waals surface area contributed by atoms with Crippen LogP contribution in [0.1, 0.15) is 5.56 Å². The summed E-state index contributed by atoms with van der Waals surface area (Å²) in [4.78, 5) is 5.01. The Morgan fingerprint density at radius 2 is 2.05 bits per heavy atom. The van der Waals surface area contributed by atoms with E-state index in [0.29, 0.717) is 11.6 Å². The lowest BCUT2D eigenvalue weighted by Gasteiger charge is -1.99. The van der Waals surface area contributed by atoms with Crippen molar-refractivity contribution in [3.05, 3.63) is 39.9 Å². The summed E-state index contributed by atoms with van der Waals surface area (Å²) in [6.07, 6.45) is 3.45. The van der Waals surface area contributed by atoms with E-state index in [1.165, 1.54) is 0 Å². The maximum Gasteiger partial charge on any atom is 0.186 e. The Morgan fingerprint density at radius 1 is 1.32 bits per heavy atom. The summed E-state index contributed by atoms with van der Waals surface area (Å²) >= 11 is 5.12. The van der Waals surface area contributed by atoms with Gasteiger partial charge in [-0.2, -0.15) is 0 Å². The highest BCUT2D eigenvalue weighted by molar-refractivity contribution is 9.11. The molecule has 0 saturated carbocycles. The molecule has 0 aliphatic rings. The summed E-state index contributed by atoms with van der Waals surface area (Å²) in [5.41, 5.74) is 8.85. The number of hydrogen-bond donors (Lipinski definition) is 1. The molecular weight excluding hydrogens is 326 g/mol. The Hall–Kier alpha value is -1.66. The molecule has 3 aromatic rings. The maximum absolute atomic E-state index is 5.92. The van der Waals surface area contributed by atoms with Crippen LogP contribution in [0.3, 0.4) is 0 Å². The van der Waals surface area contributed by atoms with Crippen molar-refractivity contribution in [2.75, 3.05) is 5.73 Å². The van der Waals surface area contributed by atoms with Crippen molar-refractivity contribution < 1.29 is 4.52 Å². The molecule has 0 atom stereocenters. The van der Waals surface area contributed by atoms with E-state index in [1.54, 1.807) is 23.7 Å². The zero-order valence-corrected chi connectivity index (χ0v) is 12.5.